The van der Waals surface area contributed by atoms with Crippen molar-refractivity contribution in [1.82, 2.24) is 9.78 Å². The van der Waals surface area contributed by atoms with E-state index in [-0.39, 0.29) is 5.41 Å². The highest BCUT2D eigenvalue weighted by atomic mass is 15.3. The fourth-order valence-electron chi connectivity index (χ4n) is 1.69. The summed E-state index contributed by atoms with van der Waals surface area (Å²) in [4.78, 5) is 0. The van der Waals surface area contributed by atoms with Crippen molar-refractivity contribution in [2.45, 2.75) is 26.2 Å². The van der Waals surface area contributed by atoms with Crippen LogP contribution in [0.4, 0.5) is 5.82 Å². The van der Waals surface area contributed by atoms with Crippen LogP contribution in [0.25, 0.3) is 5.69 Å². The molecule has 1 heterocycles. The van der Waals surface area contributed by atoms with Gasteiger partial charge in [-0.25, -0.2) is 4.68 Å². The normalized spacial score (nSPS) is 11.5. The van der Waals surface area contributed by atoms with Crippen LogP contribution in [0.2, 0.25) is 0 Å². The summed E-state index contributed by atoms with van der Waals surface area (Å²) in [6.45, 7) is 6.51. The minimum atomic E-state index is 0.0611. The third kappa shape index (κ3) is 2.33. The molecule has 0 unspecified atom stereocenters. The minimum Gasteiger partial charge on any atom is -0.373 e. The molecule has 0 radical (unpaired) electrons. The summed E-state index contributed by atoms with van der Waals surface area (Å²) in [6, 6.07) is 12.3. The molecule has 0 atom stereocenters. The summed E-state index contributed by atoms with van der Waals surface area (Å²) in [7, 11) is 1.92. The Bertz CT molecular complexity index is 492. The summed E-state index contributed by atoms with van der Waals surface area (Å²) in [6.07, 6.45) is 0. The molecule has 17 heavy (non-hydrogen) atoms. The number of nitrogens with zero attached hydrogens (tertiary/aromatic N) is 2. The Morgan fingerprint density at radius 1 is 1.12 bits per heavy atom. The molecule has 0 bridgehead atoms. The quantitative estimate of drug-likeness (QED) is 0.857. The molecule has 2 aromatic rings. The van der Waals surface area contributed by atoms with Crippen molar-refractivity contribution >= 4 is 5.82 Å². The van der Waals surface area contributed by atoms with Gasteiger partial charge in [-0.15, -0.1) is 0 Å². The van der Waals surface area contributed by atoms with Crippen LogP contribution >= 0.6 is 0 Å². The monoisotopic (exact) mass is 229 g/mol. The molecule has 0 saturated heterocycles. The first-order chi connectivity index (χ1) is 8.02. The van der Waals surface area contributed by atoms with Crippen LogP contribution < -0.4 is 5.32 Å². The molecule has 90 valence electrons. The van der Waals surface area contributed by atoms with Gasteiger partial charge >= 0.3 is 0 Å². The second-order valence-corrected chi connectivity index (χ2v) is 5.16. The van der Waals surface area contributed by atoms with E-state index in [9.17, 15) is 0 Å². The van der Waals surface area contributed by atoms with Gasteiger partial charge in [0, 0.05) is 18.5 Å². The number of nitrogens with one attached hydrogen (secondary N) is 1. The maximum absolute atomic E-state index is 4.68. The second-order valence-electron chi connectivity index (χ2n) is 5.16. The molecule has 0 saturated carbocycles. The smallest absolute Gasteiger partial charge is 0.129 e. The van der Waals surface area contributed by atoms with Gasteiger partial charge in [0.1, 0.15) is 5.82 Å². The highest BCUT2D eigenvalue weighted by Gasteiger charge is 2.19. The number of anilines is 1. The van der Waals surface area contributed by atoms with Gasteiger partial charge in [0.25, 0.3) is 0 Å². The van der Waals surface area contributed by atoms with Crippen molar-refractivity contribution < 1.29 is 0 Å². The fraction of sp³-hybridized carbons (Fsp3) is 0.357. The Kier molecular flexibility index (Phi) is 2.92. The van der Waals surface area contributed by atoms with Crippen molar-refractivity contribution in [2.75, 3.05) is 12.4 Å². The van der Waals surface area contributed by atoms with E-state index in [4.69, 9.17) is 0 Å². The molecule has 0 amide bonds. The van der Waals surface area contributed by atoms with Crippen LogP contribution in [-0.2, 0) is 5.41 Å². The van der Waals surface area contributed by atoms with Gasteiger partial charge in [-0.1, -0.05) is 39.0 Å². The second kappa shape index (κ2) is 4.24. The molecule has 0 fully saturated rings. The van der Waals surface area contributed by atoms with Gasteiger partial charge in [0.15, 0.2) is 0 Å². The van der Waals surface area contributed by atoms with E-state index in [1.165, 1.54) is 0 Å². The van der Waals surface area contributed by atoms with E-state index >= 15 is 0 Å². The van der Waals surface area contributed by atoms with Crippen molar-refractivity contribution in [3.63, 3.8) is 0 Å². The molecule has 1 aromatic heterocycles. The van der Waals surface area contributed by atoms with Crippen molar-refractivity contribution in [3.05, 3.63) is 42.1 Å². The number of rotatable bonds is 2. The zero-order chi connectivity index (χ0) is 12.5. The Labute approximate surface area is 102 Å². The Hall–Kier alpha value is -1.77. The van der Waals surface area contributed by atoms with Gasteiger partial charge in [-0.3, -0.25) is 0 Å². The predicted octanol–water partition coefficient (Wildman–Crippen LogP) is 3.21. The van der Waals surface area contributed by atoms with E-state index in [1.54, 1.807) is 0 Å². The number of hydrogen-bond donors (Lipinski definition) is 1. The Morgan fingerprint density at radius 2 is 1.76 bits per heavy atom. The largest absolute Gasteiger partial charge is 0.373 e. The van der Waals surface area contributed by atoms with Crippen LogP contribution in [0.1, 0.15) is 26.5 Å². The first-order valence-corrected chi connectivity index (χ1v) is 5.86. The Morgan fingerprint density at radius 3 is 2.29 bits per heavy atom. The highest BCUT2D eigenvalue weighted by molar-refractivity contribution is 5.46. The lowest BCUT2D eigenvalue weighted by molar-refractivity contribution is 0.560. The zero-order valence-corrected chi connectivity index (χ0v) is 10.9. The fourth-order valence-corrected chi connectivity index (χ4v) is 1.69. The van der Waals surface area contributed by atoms with E-state index in [1.807, 2.05) is 29.9 Å². The molecule has 3 heteroatoms. The predicted molar refractivity (Wildman–Crippen MR) is 71.8 cm³/mol. The molecular formula is C14H19N3. The third-order valence-corrected chi connectivity index (χ3v) is 2.73. The van der Waals surface area contributed by atoms with Crippen LogP contribution in [0.15, 0.2) is 36.4 Å². The lowest BCUT2D eigenvalue weighted by Gasteiger charge is -2.14. The summed E-state index contributed by atoms with van der Waals surface area (Å²) >= 11 is 0. The summed E-state index contributed by atoms with van der Waals surface area (Å²) in [5.41, 5.74) is 2.23. The van der Waals surface area contributed by atoms with Gasteiger partial charge in [-0.2, -0.15) is 5.10 Å². The van der Waals surface area contributed by atoms with E-state index in [0.717, 1.165) is 17.2 Å². The molecule has 0 aliphatic heterocycles. The third-order valence-electron chi connectivity index (χ3n) is 2.73. The van der Waals surface area contributed by atoms with E-state index in [2.05, 4.69) is 49.4 Å². The first-order valence-electron chi connectivity index (χ1n) is 5.86. The summed E-state index contributed by atoms with van der Waals surface area (Å²) < 4.78 is 1.95. The number of aromatic nitrogens is 2. The van der Waals surface area contributed by atoms with Crippen molar-refractivity contribution in [3.8, 4) is 5.69 Å². The van der Waals surface area contributed by atoms with Gasteiger partial charge in [0.05, 0.1) is 11.4 Å². The molecule has 1 N–H and O–H groups in total. The van der Waals surface area contributed by atoms with Gasteiger partial charge < -0.3 is 5.32 Å². The highest BCUT2D eigenvalue weighted by Crippen LogP contribution is 2.25. The lowest BCUT2D eigenvalue weighted by atomic mass is 9.92. The van der Waals surface area contributed by atoms with Gasteiger partial charge in [0.2, 0.25) is 0 Å². The lowest BCUT2D eigenvalue weighted by Crippen LogP contribution is -2.12. The average Bonchev–Trinajstić information content (AvgIpc) is 2.73. The van der Waals surface area contributed by atoms with Crippen molar-refractivity contribution in [2.24, 2.45) is 0 Å². The molecule has 0 aliphatic carbocycles. The molecule has 1 aromatic carbocycles. The van der Waals surface area contributed by atoms with Crippen LogP contribution in [0, 0.1) is 0 Å². The number of benzene rings is 1. The number of para-hydroxylation sites is 1. The van der Waals surface area contributed by atoms with Crippen LogP contribution in [0.5, 0.6) is 0 Å². The SMILES string of the molecule is CNc1cc(C(C)(C)C)nn1-c1ccccc1. The average molecular weight is 229 g/mol. The maximum atomic E-state index is 4.68. The summed E-state index contributed by atoms with van der Waals surface area (Å²) in [5, 5.41) is 7.86. The van der Waals surface area contributed by atoms with Crippen molar-refractivity contribution in [1.29, 1.82) is 0 Å². The maximum Gasteiger partial charge on any atom is 0.129 e. The molecule has 0 aliphatic rings. The molecule has 0 spiro atoms. The van der Waals surface area contributed by atoms with E-state index in [0.29, 0.717) is 0 Å². The molecular weight excluding hydrogens is 210 g/mol. The standard InChI is InChI=1S/C14H19N3/c1-14(2,3)12-10-13(15-4)17(16-12)11-8-6-5-7-9-11/h5-10,15H,1-4H3. The van der Waals surface area contributed by atoms with Crippen LogP contribution in [0.3, 0.4) is 0 Å². The summed E-state index contributed by atoms with van der Waals surface area (Å²) in [5.74, 6) is 1.01. The number of hydrogen-bond acceptors (Lipinski definition) is 2. The molecule has 3 nitrogen and oxygen atoms in total. The minimum absolute atomic E-state index is 0.0611. The Balaban J connectivity index is 2.51. The van der Waals surface area contributed by atoms with Crippen LogP contribution in [-0.4, -0.2) is 16.8 Å². The molecule has 2 rings (SSSR count). The topological polar surface area (TPSA) is 29.9 Å². The zero-order valence-electron chi connectivity index (χ0n) is 10.9. The van der Waals surface area contributed by atoms with Gasteiger partial charge in [-0.05, 0) is 12.1 Å². The van der Waals surface area contributed by atoms with E-state index < -0.39 is 0 Å². The first kappa shape index (κ1) is 11.7.